The topological polar surface area (TPSA) is 26.7 Å². The molecule has 0 aromatic carbocycles. The van der Waals surface area contributed by atoms with Gasteiger partial charge < -0.3 is 14.9 Å². The van der Waals surface area contributed by atoms with Gasteiger partial charge in [-0.15, -0.1) is 0 Å². The third-order valence-corrected chi connectivity index (χ3v) is 3.24. The van der Waals surface area contributed by atoms with Crippen molar-refractivity contribution in [1.29, 1.82) is 0 Å². The molecule has 1 N–H and O–H groups in total. The highest BCUT2D eigenvalue weighted by Gasteiger charge is 2.56. The summed E-state index contributed by atoms with van der Waals surface area (Å²) in [5.41, 5.74) is 0. The molecule has 0 bridgehead atoms. The van der Waals surface area contributed by atoms with E-state index < -0.39 is 0 Å². The van der Waals surface area contributed by atoms with Crippen LogP contribution in [-0.2, 0) is 0 Å². The van der Waals surface area contributed by atoms with Crippen LogP contribution in [0.5, 0.6) is 0 Å². The van der Waals surface area contributed by atoms with Crippen LogP contribution in [0.4, 0.5) is 0 Å². The van der Waals surface area contributed by atoms with E-state index in [0.29, 0.717) is 6.61 Å². The predicted molar refractivity (Wildman–Crippen MR) is 48.0 cm³/mol. The number of hydrogen-bond donors (Lipinski definition) is 1. The van der Waals surface area contributed by atoms with E-state index in [2.05, 4.69) is 23.9 Å². The Hall–Kier alpha value is -0.120. The van der Waals surface area contributed by atoms with E-state index in [4.69, 9.17) is 5.11 Å². The van der Waals surface area contributed by atoms with Crippen LogP contribution in [0.2, 0.25) is 0 Å². The molecule has 3 heteroatoms. The van der Waals surface area contributed by atoms with Crippen molar-refractivity contribution < 1.29 is 5.11 Å². The van der Waals surface area contributed by atoms with Gasteiger partial charge in [-0.05, 0) is 25.9 Å². The van der Waals surface area contributed by atoms with Gasteiger partial charge in [0, 0.05) is 25.7 Å². The third kappa shape index (κ3) is 1.26. The molecule has 2 aliphatic rings. The molecule has 0 aromatic heterocycles. The number of β-amino-alcohol motifs (C(OH)–C–C–N with tert-alkyl or cyclic N) is 1. The van der Waals surface area contributed by atoms with E-state index >= 15 is 0 Å². The lowest BCUT2D eigenvalue weighted by Crippen LogP contribution is -2.32. The van der Waals surface area contributed by atoms with Crippen molar-refractivity contribution in [1.82, 2.24) is 9.80 Å². The first-order chi connectivity index (χ1) is 5.74. The maximum absolute atomic E-state index is 8.75. The van der Waals surface area contributed by atoms with Gasteiger partial charge in [0.2, 0.25) is 0 Å². The van der Waals surface area contributed by atoms with Crippen LogP contribution < -0.4 is 0 Å². The molecule has 1 saturated carbocycles. The number of fused-ring (bicyclic) bond motifs is 1. The Morgan fingerprint density at radius 3 is 2.33 bits per heavy atom. The van der Waals surface area contributed by atoms with Crippen molar-refractivity contribution in [2.75, 3.05) is 40.3 Å². The summed E-state index contributed by atoms with van der Waals surface area (Å²) in [7, 11) is 4.33. The second-order valence-electron chi connectivity index (χ2n) is 4.27. The molecule has 12 heavy (non-hydrogen) atoms. The molecule has 1 saturated heterocycles. The standard InChI is InChI=1S/C9H18N2O/c1-10(2)9-7-5-11(3-4-12)6-8(7)9/h7-9,12H,3-6H2,1-2H3. The minimum atomic E-state index is 0.312. The quantitative estimate of drug-likeness (QED) is 0.617. The van der Waals surface area contributed by atoms with Crippen LogP contribution in [0.15, 0.2) is 0 Å². The van der Waals surface area contributed by atoms with E-state index in [1.54, 1.807) is 0 Å². The van der Waals surface area contributed by atoms with E-state index in [0.717, 1.165) is 24.4 Å². The zero-order chi connectivity index (χ0) is 8.72. The van der Waals surface area contributed by atoms with E-state index in [1.165, 1.54) is 13.1 Å². The van der Waals surface area contributed by atoms with Gasteiger partial charge in [0.25, 0.3) is 0 Å². The maximum atomic E-state index is 8.75. The molecule has 0 radical (unpaired) electrons. The molecule has 2 rings (SSSR count). The van der Waals surface area contributed by atoms with E-state index in [-0.39, 0.29) is 0 Å². The second-order valence-corrected chi connectivity index (χ2v) is 4.27. The molecule has 1 heterocycles. The Morgan fingerprint density at radius 2 is 1.92 bits per heavy atom. The number of aliphatic hydroxyl groups excluding tert-OH is 1. The monoisotopic (exact) mass is 170 g/mol. The summed E-state index contributed by atoms with van der Waals surface area (Å²) < 4.78 is 0. The van der Waals surface area contributed by atoms with Crippen LogP contribution in [0.1, 0.15) is 0 Å². The number of rotatable bonds is 3. The van der Waals surface area contributed by atoms with Crippen molar-refractivity contribution in [2.24, 2.45) is 11.8 Å². The molecule has 2 unspecified atom stereocenters. The molecule has 0 amide bonds. The molecule has 0 aromatic rings. The molecular formula is C9H18N2O. The lowest BCUT2D eigenvalue weighted by molar-refractivity contribution is 0.193. The predicted octanol–water partition coefficient (Wildman–Crippen LogP) is -0.529. The lowest BCUT2D eigenvalue weighted by Gasteiger charge is -2.20. The first kappa shape index (κ1) is 8.48. The maximum Gasteiger partial charge on any atom is 0.0558 e. The average Bonchev–Trinajstić information content (AvgIpc) is 2.51. The number of likely N-dealkylation sites (tertiary alicyclic amines) is 1. The zero-order valence-corrected chi connectivity index (χ0v) is 7.90. The molecule has 0 spiro atoms. The Balaban J connectivity index is 1.78. The van der Waals surface area contributed by atoms with Gasteiger partial charge in [0.15, 0.2) is 0 Å². The Kier molecular flexibility index (Phi) is 2.10. The fraction of sp³-hybridized carbons (Fsp3) is 1.00. The molecule has 3 nitrogen and oxygen atoms in total. The Bertz CT molecular complexity index is 160. The van der Waals surface area contributed by atoms with Gasteiger partial charge in [0.1, 0.15) is 0 Å². The van der Waals surface area contributed by atoms with E-state index in [9.17, 15) is 0 Å². The molecule has 1 aliphatic carbocycles. The van der Waals surface area contributed by atoms with Crippen LogP contribution in [-0.4, -0.2) is 61.3 Å². The zero-order valence-electron chi connectivity index (χ0n) is 7.90. The van der Waals surface area contributed by atoms with Gasteiger partial charge in [-0.3, -0.25) is 0 Å². The highest BCUT2D eigenvalue weighted by Crippen LogP contribution is 2.47. The molecule has 70 valence electrons. The van der Waals surface area contributed by atoms with E-state index in [1.807, 2.05) is 0 Å². The minimum Gasteiger partial charge on any atom is -0.395 e. The third-order valence-electron chi connectivity index (χ3n) is 3.24. The fourth-order valence-corrected chi connectivity index (χ4v) is 2.67. The summed E-state index contributed by atoms with van der Waals surface area (Å²) in [5, 5.41) is 8.75. The van der Waals surface area contributed by atoms with Gasteiger partial charge in [-0.1, -0.05) is 0 Å². The van der Waals surface area contributed by atoms with Crippen molar-refractivity contribution in [3.8, 4) is 0 Å². The molecular weight excluding hydrogens is 152 g/mol. The SMILES string of the molecule is CN(C)C1C2CN(CCO)CC21. The van der Waals surface area contributed by atoms with Gasteiger partial charge in [-0.2, -0.15) is 0 Å². The van der Waals surface area contributed by atoms with Crippen molar-refractivity contribution in [3.05, 3.63) is 0 Å². The summed E-state index contributed by atoms with van der Waals surface area (Å²) in [4.78, 5) is 4.71. The van der Waals surface area contributed by atoms with Crippen LogP contribution >= 0.6 is 0 Å². The van der Waals surface area contributed by atoms with Crippen molar-refractivity contribution in [3.63, 3.8) is 0 Å². The fourth-order valence-electron chi connectivity index (χ4n) is 2.67. The summed E-state index contributed by atoms with van der Waals surface area (Å²) >= 11 is 0. The van der Waals surface area contributed by atoms with Gasteiger partial charge in [0.05, 0.1) is 6.61 Å². The first-order valence-corrected chi connectivity index (χ1v) is 4.73. The number of nitrogens with zero attached hydrogens (tertiary/aromatic N) is 2. The van der Waals surface area contributed by atoms with Crippen LogP contribution in [0.25, 0.3) is 0 Å². The number of aliphatic hydroxyl groups is 1. The van der Waals surface area contributed by atoms with Gasteiger partial charge >= 0.3 is 0 Å². The average molecular weight is 170 g/mol. The second kappa shape index (κ2) is 2.98. The highest BCUT2D eigenvalue weighted by atomic mass is 16.3. The van der Waals surface area contributed by atoms with Crippen LogP contribution in [0.3, 0.4) is 0 Å². The van der Waals surface area contributed by atoms with Crippen LogP contribution in [0, 0.1) is 11.8 Å². The smallest absolute Gasteiger partial charge is 0.0558 e. The Labute approximate surface area is 74.0 Å². The molecule has 2 fully saturated rings. The van der Waals surface area contributed by atoms with Crippen molar-refractivity contribution >= 4 is 0 Å². The first-order valence-electron chi connectivity index (χ1n) is 4.73. The largest absolute Gasteiger partial charge is 0.395 e. The number of hydrogen-bond acceptors (Lipinski definition) is 3. The molecule has 1 aliphatic heterocycles. The normalized spacial score (nSPS) is 40.5. The minimum absolute atomic E-state index is 0.312. The number of piperidine rings is 1. The summed E-state index contributed by atoms with van der Waals surface area (Å²) in [6.07, 6.45) is 0. The molecule has 2 atom stereocenters. The van der Waals surface area contributed by atoms with Gasteiger partial charge in [-0.25, -0.2) is 0 Å². The van der Waals surface area contributed by atoms with Crippen molar-refractivity contribution in [2.45, 2.75) is 6.04 Å². The lowest BCUT2D eigenvalue weighted by atomic mass is 10.3. The summed E-state index contributed by atoms with van der Waals surface area (Å²) in [6, 6.07) is 0.833. The summed E-state index contributed by atoms with van der Waals surface area (Å²) in [6.45, 7) is 3.58. The summed E-state index contributed by atoms with van der Waals surface area (Å²) in [5.74, 6) is 1.79. The highest BCUT2D eigenvalue weighted by molar-refractivity contribution is 5.09. The Morgan fingerprint density at radius 1 is 1.33 bits per heavy atom.